The molecule has 124 valence electrons. The summed E-state index contributed by atoms with van der Waals surface area (Å²) in [5.74, 6) is 0.961. The molecule has 1 aromatic heterocycles. The number of hydrogen-bond acceptors (Lipinski definition) is 4. The molecule has 2 aromatic rings. The van der Waals surface area contributed by atoms with Crippen LogP contribution in [0.3, 0.4) is 0 Å². The normalized spacial score (nSPS) is 12.4. The highest BCUT2D eigenvalue weighted by molar-refractivity contribution is 6.32. The first-order valence-corrected chi connectivity index (χ1v) is 8.21. The van der Waals surface area contributed by atoms with Gasteiger partial charge in [0.2, 0.25) is 17.7 Å². The molecule has 0 aliphatic rings. The Kier molecular flexibility index (Phi) is 5.77. The lowest BCUT2D eigenvalue weighted by Crippen LogP contribution is -2.36. The van der Waals surface area contributed by atoms with Crippen molar-refractivity contribution in [1.29, 1.82) is 0 Å². The maximum Gasteiger partial charge on any atom is 0.245 e. The summed E-state index contributed by atoms with van der Waals surface area (Å²) in [6, 6.07) is 7.68. The maximum atomic E-state index is 12.7. The van der Waals surface area contributed by atoms with Crippen LogP contribution in [-0.4, -0.2) is 21.5 Å². The number of carbonyl (C=O) groups is 1. The number of nitrogens with zero attached hydrogens (tertiary/aromatic N) is 3. The molecule has 0 N–H and O–H groups in total. The molecule has 23 heavy (non-hydrogen) atoms. The number of aryl methyl sites for hydroxylation is 1. The molecule has 0 spiro atoms. The molecular formula is C17H22ClN3O2. The lowest BCUT2D eigenvalue weighted by molar-refractivity contribution is -0.118. The predicted octanol–water partition coefficient (Wildman–Crippen LogP) is 4.05. The van der Waals surface area contributed by atoms with Crippen LogP contribution in [0, 0.1) is 6.92 Å². The predicted molar refractivity (Wildman–Crippen MR) is 90.7 cm³/mol. The number of para-hydroxylation sites is 1. The molecule has 0 aliphatic heterocycles. The Morgan fingerprint density at radius 3 is 2.57 bits per heavy atom. The van der Waals surface area contributed by atoms with Crippen LogP contribution in [0.5, 0.6) is 0 Å². The van der Waals surface area contributed by atoms with Gasteiger partial charge >= 0.3 is 0 Å². The first-order chi connectivity index (χ1) is 10.9. The molecule has 2 rings (SSSR count). The standard InChI is InChI=1S/C17H22ClN3O2/c1-5-13(18)17(22)21(14-9-7-6-8-12(14)4)10-15-19-20-16(23-15)11(2)3/h6-9,11,13H,5,10H2,1-4H3. The highest BCUT2D eigenvalue weighted by atomic mass is 35.5. The average molecular weight is 336 g/mol. The van der Waals surface area contributed by atoms with Gasteiger partial charge < -0.3 is 9.32 Å². The minimum atomic E-state index is -0.581. The fourth-order valence-corrected chi connectivity index (χ4v) is 2.31. The van der Waals surface area contributed by atoms with E-state index in [9.17, 15) is 4.79 Å². The van der Waals surface area contributed by atoms with Crippen LogP contribution in [-0.2, 0) is 11.3 Å². The number of aromatic nitrogens is 2. The minimum absolute atomic E-state index is 0.148. The van der Waals surface area contributed by atoms with Crippen LogP contribution in [0.4, 0.5) is 5.69 Å². The zero-order chi connectivity index (χ0) is 17.0. The summed E-state index contributed by atoms with van der Waals surface area (Å²) in [5.41, 5.74) is 1.80. The van der Waals surface area contributed by atoms with E-state index in [0.29, 0.717) is 18.2 Å². The van der Waals surface area contributed by atoms with Crippen LogP contribution >= 0.6 is 11.6 Å². The van der Waals surface area contributed by atoms with Gasteiger partial charge in [0, 0.05) is 11.6 Å². The van der Waals surface area contributed by atoms with Crippen molar-refractivity contribution in [2.45, 2.75) is 52.0 Å². The van der Waals surface area contributed by atoms with E-state index in [2.05, 4.69) is 10.2 Å². The average Bonchev–Trinajstić information content (AvgIpc) is 3.01. The van der Waals surface area contributed by atoms with E-state index in [0.717, 1.165) is 11.3 Å². The molecule has 1 unspecified atom stereocenters. The third kappa shape index (κ3) is 4.10. The van der Waals surface area contributed by atoms with Gasteiger partial charge in [-0.3, -0.25) is 4.79 Å². The van der Waals surface area contributed by atoms with Crippen molar-refractivity contribution >= 4 is 23.2 Å². The van der Waals surface area contributed by atoms with E-state index in [1.165, 1.54) is 0 Å². The number of benzene rings is 1. The van der Waals surface area contributed by atoms with E-state index >= 15 is 0 Å². The van der Waals surface area contributed by atoms with Gasteiger partial charge in [0.15, 0.2) is 0 Å². The van der Waals surface area contributed by atoms with Crippen LogP contribution < -0.4 is 4.90 Å². The van der Waals surface area contributed by atoms with Crippen LogP contribution in [0.1, 0.15) is 50.5 Å². The second kappa shape index (κ2) is 7.59. The van der Waals surface area contributed by atoms with Gasteiger partial charge in [-0.05, 0) is 25.0 Å². The van der Waals surface area contributed by atoms with Gasteiger partial charge in [0.25, 0.3) is 0 Å². The Balaban J connectivity index is 2.33. The zero-order valence-electron chi connectivity index (χ0n) is 13.9. The number of hydrogen-bond donors (Lipinski definition) is 0. The monoisotopic (exact) mass is 335 g/mol. The number of carbonyl (C=O) groups excluding carboxylic acids is 1. The number of anilines is 1. The van der Waals surface area contributed by atoms with Crippen molar-refractivity contribution in [2.24, 2.45) is 0 Å². The molecule has 0 radical (unpaired) electrons. The molecule has 0 saturated carbocycles. The van der Waals surface area contributed by atoms with Crippen LogP contribution in [0.25, 0.3) is 0 Å². The van der Waals surface area contributed by atoms with Crippen molar-refractivity contribution in [3.05, 3.63) is 41.6 Å². The van der Waals surface area contributed by atoms with Gasteiger partial charge in [-0.1, -0.05) is 39.0 Å². The zero-order valence-corrected chi connectivity index (χ0v) is 14.7. The smallest absolute Gasteiger partial charge is 0.245 e. The molecule has 0 bridgehead atoms. The topological polar surface area (TPSA) is 59.2 Å². The number of amides is 1. The summed E-state index contributed by atoms with van der Waals surface area (Å²) < 4.78 is 5.64. The third-order valence-corrected chi connectivity index (χ3v) is 4.06. The molecular weight excluding hydrogens is 314 g/mol. The number of halogens is 1. The summed E-state index contributed by atoms with van der Waals surface area (Å²) in [7, 11) is 0. The van der Waals surface area contributed by atoms with Gasteiger partial charge in [0.1, 0.15) is 11.9 Å². The SMILES string of the molecule is CCC(Cl)C(=O)N(Cc1nnc(C(C)C)o1)c1ccccc1C. The molecule has 0 fully saturated rings. The van der Waals surface area contributed by atoms with E-state index in [-0.39, 0.29) is 18.4 Å². The van der Waals surface area contributed by atoms with E-state index in [1.807, 2.05) is 52.0 Å². The summed E-state index contributed by atoms with van der Waals surface area (Å²) >= 11 is 6.18. The third-order valence-electron chi connectivity index (χ3n) is 3.57. The summed E-state index contributed by atoms with van der Waals surface area (Å²) in [5, 5.41) is 7.49. The van der Waals surface area contributed by atoms with E-state index in [1.54, 1.807) is 4.90 Å². The van der Waals surface area contributed by atoms with Crippen LogP contribution in [0.15, 0.2) is 28.7 Å². The highest BCUT2D eigenvalue weighted by Crippen LogP contribution is 2.24. The first kappa shape index (κ1) is 17.5. The van der Waals surface area contributed by atoms with Crippen molar-refractivity contribution in [2.75, 3.05) is 4.90 Å². The molecule has 0 aliphatic carbocycles. The Hall–Kier alpha value is -1.88. The van der Waals surface area contributed by atoms with Gasteiger partial charge in [-0.15, -0.1) is 21.8 Å². The van der Waals surface area contributed by atoms with Crippen molar-refractivity contribution < 1.29 is 9.21 Å². The fourth-order valence-electron chi connectivity index (χ4n) is 2.19. The molecule has 1 atom stereocenters. The van der Waals surface area contributed by atoms with Crippen molar-refractivity contribution in [3.63, 3.8) is 0 Å². The summed E-state index contributed by atoms with van der Waals surface area (Å²) in [6.07, 6.45) is 0.559. The van der Waals surface area contributed by atoms with Gasteiger partial charge in [-0.2, -0.15) is 0 Å². The van der Waals surface area contributed by atoms with Crippen molar-refractivity contribution in [3.8, 4) is 0 Å². The molecule has 6 heteroatoms. The minimum Gasteiger partial charge on any atom is -0.423 e. The molecule has 1 amide bonds. The summed E-state index contributed by atoms with van der Waals surface area (Å²) in [4.78, 5) is 14.3. The lowest BCUT2D eigenvalue weighted by atomic mass is 10.1. The number of rotatable bonds is 6. The lowest BCUT2D eigenvalue weighted by Gasteiger charge is -2.24. The maximum absolute atomic E-state index is 12.7. The Labute approximate surface area is 141 Å². The van der Waals surface area contributed by atoms with E-state index in [4.69, 9.17) is 16.0 Å². The number of alkyl halides is 1. The van der Waals surface area contributed by atoms with E-state index < -0.39 is 5.38 Å². The van der Waals surface area contributed by atoms with Crippen molar-refractivity contribution in [1.82, 2.24) is 10.2 Å². The first-order valence-electron chi connectivity index (χ1n) is 7.77. The van der Waals surface area contributed by atoms with Gasteiger partial charge in [-0.25, -0.2) is 0 Å². The Morgan fingerprint density at radius 2 is 2.00 bits per heavy atom. The second-order valence-corrected chi connectivity index (χ2v) is 6.30. The Bertz CT molecular complexity index is 669. The largest absolute Gasteiger partial charge is 0.423 e. The fraction of sp³-hybridized carbons (Fsp3) is 0.471. The van der Waals surface area contributed by atoms with Crippen LogP contribution in [0.2, 0.25) is 0 Å². The highest BCUT2D eigenvalue weighted by Gasteiger charge is 2.25. The molecule has 0 saturated heterocycles. The molecule has 5 nitrogen and oxygen atoms in total. The molecule has 1 heterocycles. The summed E-state index contributed by atoms with van der Waals surface area (Å²) in [6.45, 7) is 8.01. The second-order valence-electron chi connectivity index (χ2n) is 5.78. The quantitative estimate of drug-likeness (QED) is 0.747. The molecule has 1 aromatic carbocycles. The Morgan fingerprint density at radius 1 is 1.30 bits per heavy atom. The van der Waals surface area contributed by atoms with Gasteiger partial charge in [0.05, 0.1) is 0 Å².